The van der Waals surface area contributed by atoms with Gasteiger partial charge < -0.3 is 15.8 Å². The Hall–Kier alpha value is -2.15. The van der Waals surface area contributed by atoms with Crippen LogP contribution in [-0.4, -0.2) is 19.1 Å². The SMILES string of the molecule is C#CC(CCC)NC(=O)c1cccc(N)c1OC. The Kier molecular flexibility index (Phi) is 5.06. The number of amides is 1. The normalized spacial score (nSPS) is 11.4. The van der Waals surface area contributed by atoms with Gasteiger partial charge in [-0.3, -0.25) is 4.79 Å². The van der Waals surface area contributed by atoms with Crippen molar-refractivity contribution < 1.29 is 9.53 Å². The lowest BCUT2D eigenvalue weighted by atomic mass is 10.1. The second-order valence-corrected chi connectivity index (χ2v) is 3.91. The van der Waals surface area contributed by atoms with E-state index in [1.165, 1.54) is 7.11 Å². The first-order valence-electron chi connectivity index (χ1n) is 5.83. The smallest absolute Gasteiger partial charge is 0.256 e. The number of rotatable bonds is 5. The fraction of sp³-hybridized carbons (Fsp3) is 0.357. The van der Waals surface area contributed by atoms with Crippen LogP contribution in [-0.2, 0) is 0 Å². The molecule has 0 heterocycles. The molecular formula is C14H18N2O2. The van der Waals surface area contributed by atoms with E-state index in [1.54, 1.807) is 18.2 Å². The van der Waals surface area contributed by atoms with E-state index in [0.29, 0.717) is 17.0 Å². The molecule has 4 heteroatoms. The van der Waals surface area contributed by atoms with Crippen LogP contribution in [0.15, 0.2) is 18.2 Å². The second-order valence-electron chi connectivity index (χ2n) is 3.91. The molecule has 0 radical (unpaired) electrons. The molecule has 1 aromatic rings. The number of hydrogen-bond donors (Lipinski definition) is 2. The molecule has 1 rings (SSSR count). The van der Waals surface area contributed by atoms with Crippen LogP contribution in [0.2, 0.25) is 0 Å². The molecule has 0 bridgehead atoms. The molecule has 0 spiro atoms. The van der Waals surface area contributed by atoms with Crippen LogP contribution in [0.4, 0.5) is 5.69 Å². The summed E-state index contributed by atoms with van der Waals surface area (Å²) in [7, 11) is 1.48. The third-order valence-corrected chi connectivity index (χ3v) is 2.58. The van der Waals surface area contributed by atoms with Crippen LogP contribution < -0.4 is 15.8 Å². The lowest BCUT2D eigenvalue weighted by molar-refractivity contribution is 0.0941. The van der Waals surface area contributed by atoms with Gasteiger partial charge in [0.15, 0.2) is 5.75 Å². The van der Waals surface area contributed by atoms with Crippen molar-refractivity contribution in [2.24, 2.45) is 0 Å². The van der Waals surface area contributed by atoms with E-state index in [9.17, 15) is 4.79 Å². The summed E-state index contributed by atoms with van der Waals surface area (Å²) in [6, 6.07) is 4.77. The van der Waals surface area contributed by atoms with Gasteiger partial charge in [-0.15, -0.1) is 6.42 Å². The Morgan fingerprint density at radius 3 is 2.89 bits per heavy atom. The Balaban J connectivity index is 2.91. The first-order valence-corrected chi connectivity index (χ1v) is 5.83. The average Bonchev–Trinajstić information content (AvgIpc) is 2.37. The van der Waals surface area contributed by atoms with E-state index in [0.717, 1.165) is 12.8 Å². The van der Waals surface area contributed by atoms with Gasteiger partial charge in [-0.05, 0) is 18.6 Å². The predicted molar refractivity (Wildman–Crippen MR) is 72.4 cm³/mol. The molecule has 0 fully saturated rings. The van der Waals surface area contributed by atoms with Crippen LogP contribution >= 0.6 is 0 Å². The summed E-state index contributed by atoms with van der Waals surface area (Å²) in [6.45, 7) is 2.01. The Labute approximate surface area is 108 Å². The number of benzene rings is 1. The highest BCUT2D eigenvalue weighted by atomic mass is 16.5. The quantitative estimate of drug-likeness (QED) is 0.615. The highest BCUT2D eigenvalue weighted by Gasteiger charge is 2.16. The molecule has 0 saturated heterocycles. The number of para-hydroxylation sites is 1. The standard InChI is InChI=1S/C14H18N2O2/c1-4-7-10(5-2)16-14(17)11-8-6-9-12(15)13(11)18-3/h2,6,8-10H,4,7,15H2,1,3H3,(H,16,17). The summed E-state index contributed by atoms with van der Waals surface area (Å²) in [6.07, 6.45) is 7.01. The molecule has 1 unspecified atom stereocenters. The Morgan fingerprint density at radius 2 is 2.33 bits per heavy atom. The largest absolute Gasteiger partial charge is 0.494 e. The Morgan fingerprint density at radius 1 is 1.61 bits per heavy atom. The molecular weight excluding hydrogens is 228 g/mol. The minimum absolute atomic E-state index is 0.268. The van der Waals surface area contributed by atoms with Crippen molar-refractivity contribution >= 4 is 11.6 Å². The monoisotopic (exact) mass is 246 g/mol. The van der Waals surface area contributed by atoms with Crippen LogP contribution in [0.1, 0.15) is 30.1 Å². The van der Waals surface area contributed by atoms with E-state index in [1.807, 2.05) is 6.92 Å². The number of nitrogens with two attached hydrogens (primary N) is 1. The minimum atomic E-state index is -0.270. The van der Waals surface area contributed by atoms with Gasteiger partial charge in [0.05, 0.1) is 24.4 Å². The number of anilines is 1. The van der Waals surface area contributed by atoms with Crippen LogP contribution in [0.3, 0.4) is 0 Å². The number of ether oxygens (including phenoxy) is 1. The molecule has 96 valence electrons. The number of terminal acetylenes is 1. The summed E-state index contributed by atoms with van der Waals surface area (Å²) in [5.41, 5.74) is 6.57. The summed E-state index contributed by atoms with van der Waals surface area (Å²) in [5.74, 6) is 2.66. The maximum Gasteiger partial charge on any atom is 0.256 e. The second kappa shape index (κ2) is 6.55. The van der Waals surface area contributed by atoms with Crippen molar-refractivity contribution in [3.8, 4) is 18.1 Å². The predicted octanol–water partition coefficient (Wildman–Crippen LogP) is 1.81. The molecule has 0 aromatic heterocycles. The summed E-state index contributed by atoms with van der Waals surface area (Å²) < 4.78 is 5.13. The summed E-state index contributed by atoms with van der Waals surface area (Å²) in [5, 5.41) is 2.78. The summed E-state index contributed by atoms with van der Waals surface area (Å²) >= 11 is 0. The maximum atomic E-state index is 12.1. The Bertz CT molecular complexity index is 463. The van der Waals surface area contributed by atoms with E-state index in [-0.39, 0.29) is 11.9 Å². The maximum absolute atomic E-state index is 12.1. The molecule has 0 aliphatic carbocycles. The first kappa shape index (κ1) is 13.9. The highest BCUT2D eigenvalue weighted by Crippen LogP contribution is 2.25. The van der Waals surface area contributed by atoms with Gasteiger partial charge in [0, 0.05) is 0 Å². The van der Waals surface area contributed by atoms with Crippen LogP contribution in [0, 0.1) is 12.3 Å². The van der Waals surface area contributed by atoms with Gasteiger partial charge in [0.2, 0.25) is 0 Å². The number of nitrogen functional groups attached to an aromatic ring is 1. The lowest BCUT2D eigenvalue weighted by Gasteiger charge is -2.14. The number of carbonyl (C=O) groups is 1. The van der Waals surface area contributed by atoms with Crippen LogP contribution in [0.25, 0.3) is 0 Å². The number of methoxy groups -OCH3 is 1. The molecule has 1 aromatic carbocycles. The number of hydrogen-bond acceptors (Lipinski definition) is 3. The first-order chi connectivity index (χ1) is 8.63. The van der Waals surface area contributed by atoms with Crippen molar-refractivity contribution in [3.63, 3.8) is 0 Å². The van der Waals surface area contributed by atoms with E-state index in [4.69, 9.17) is 16.9 Å². The molecule has 0 saturated carbocycles. The molecule has 1 atom stereocenters. The molecule has 18 heavy (non-hydrogen) atoms. The molecule has 4 nitrogen and oxygen atoms in total. The zero-order valence-corrected chi connectivity index (χ0v) is 10.7. The van der Waals surface area contributed by atoms with Crippen molar-refractivity contribution in [2.45, 2.75) is 25.8 Å². The zero-order chi connectivity index (χ0) is 13.5. The third kappa shape index (κ3) is 3.17. The fourth-order valence-electron chi connectivity index (χ4n) is 1.68. The van der Waals surface area contributed by atoms with Crippen molar-refractivity contribution in [3.05, 3.63) is 23.8 Å². The number of nitrogens with one attached hydrogen (secondary N) is 1. The number of carbonyl (C=O) groups excluding carboxylic acids is 1. The van der Waals surface area contributed by atoms with E-state index < -0.39 is 0 Å². The van der Waals surface area contributed by atoms with Gasteiger partial charge in [-0.1, -0.05) is 25.3 Å². The molecule has 1 amide bonds. The van der Waals surface area contributed by atoms with Gasteiger partial charge in [0.25, 0.3) is 5.91 Å². The zero-order valence-electron chi connectivity index (χ0n) is 10.7. The van der Waals surface area contributed by atoms with Crippen molar-refractivity contribution in [1.82, 2.24) is 5.32 Å². The van der Waals surface area contributed by atoms with Crippen molar-refractivity contribution in [1.29, 1.82) is 0 Å². The van der Waals surface area contributed by atoms with E-state index in [2.05, 4.69) is 11.2 Å². The van der Waals surface area contributed by atoms with Gasteiger partial charge in [-0.2, -0.15) is 0 Å². The fourth-order valence-corrected chi connectivity index (χ4v) is 1.68. The van der Waals surface area contributed by atoms with Gasteiger partial charge in [-0.25, -0.2) is 0 Å². The highest BCUT2D eigenvalue weighted by molar-refractivity contribution is 5.98. The van der Waals surface area contributed by atoms with Gasteiger partial charge >= 0.3 is 0 Å². The van der Waals surface area contributed by atoms with E-state index >= 15 is 0 Å². The van der Waals surface area contributed by atoms with Crippen LogP contribution in [0.5, 0.6) is 5.75 Å². The lowest BCUT2D eigenvalue weighted by Crippen LogP contribution is -2.33. The third-order valence-electron chi connectivity index (χ3n) is 2.58. The molecule has 0 aliphatic rings. The molecule has 3 N–H and O–H groups in total. The summed E-state index contributed by atoms with van der Waals surface area (Å²) in [4.78, 5) is 12.1. The van der Waals surface area contributed by atoms with Crippen molar-refractivity contribution in [2.75, 3.05) is 12.8 Å². The average molecular weight is 246 g/mol. The topological polar surface area (TPSA) is 64.4 Å². The van der Waals surface area contributed by atoms with Gasteiger partial charge in [0.1, 0.15) is 0 Å². The molecule has 0 aliphatic heterocycles. The minimum Gasteiger partial charge on any atom is -0.494 e.